The number of carbonyl (C=O) groups is 5. The number of carbonyl (C=O) groups excluding carboxylic acids is 3. The highest BCUT2D eigenvalue weighted by Crippen LogP contribution is 2.18. The Labute approximate surface area is 212 Å². The van der Waals surface area contributed by atoms with Crippen molar-refractivity contribution in [2.75, 3.05) is 6.61 Å². The Morgan fingerprint density at radius 2 is 1.59 bits per heavy atom. The Hall–Kier alpha value is -3.97. The van der Waals surface area contributed by atoms with E-state index in [1.165, 1.54) is 0 Å². The summed E-state index contributed by atoms with van der Waals surface area (Å²) < 4.78 is 0. The van der Waals surface area contributed by atoms with Crippen LogP contribution in [0.3, 0.4) is 0 Å². The molecule has 0 bridgehead atoms. The predicted octanol–water partition coefficient (Wildman–Crippen LogP) is -0.910. The Kier molecular flexibility index (Phi) is 10.6. The molecule has 0 aliphatic rings. The first-order valence-electron chi connectivity index (χ1n) is 11.8. The van der Waals surface area contributed by atoms with Gasteiger partial charge < -0.3 is 42.0 Å². The van der Waals surface area contributed by atoms with E-state index in [4.69, 9.17) is 5.73 Å². The average molecular weight is 520 g/mol. The van der Waals surface area contributed by atoms with Crippen LogP contribution in [-0.4, -0.2) is 80.7 Å². The number of amides is 3. The highest BCUT2D eigenvalue weighted by Gasteiger charge is 2.32. The summed E-state index contributed by atoms with van der Waals surface area (Å²) >= 11 is 0. The molecule has 1 aromatic carbocycles. The third-order valence-corrected chi connectivity index (χ3v) is 6.06. The van der Waals surface area contributed by atoms with Crippen molar-refractivity contribution in [2.45, 2.75) is 57.3 Å². The van der Waals surface area contributed by atoms with Gasteiger partial charge in [0.05, 0.1) is 19.1 Å². The molecule has 0 aliphatic heterocycles. The summed E-state index contributed by atoms with van der Waals surface area (Å²) in [7, 11) is 0. The molecule has 0 fully saturated rings. The van der Waals surface area contributed by atoms with Crippen LogP contribution in [0.1, 0.15) is 32.3 Å². The van der Waals surface area contributed by atoms with Gasteiger partial charge in [0.2, 0.25) is 17.7 Å². The zero-order valence-corrected chi connectivity index (χ0v) is 20.6. The standard InChI is InChI=1S/C24H33N5O8/c1-3-12(2)20(24(36)37)29-23(35)18(11-30)28-22(34)17(9-19(31)32)27-21(33)15(25)8-13-10-26-16-7-5-4-6-14(13)16/h4-7,10,12,15,17-18,20,26,30H,3,8-9,11,25H2,1-2H3,(H,27,33)(H,28,34)(H,29,35)(H,31,32)(H,36,37). The maximum absolute atomic E-state index is 12.8. The van der Waals surface area contributed by atoms with Crippen LogP contribution in [0.25, 0.3) is 10.9 Å². The Balaban J connectivity index is 2.08. The summed E-state index contributed by atoms with van der Waals surface area (Å²) in [5.74, 6) is -5.95. The molecular formula is C24H33N5O8. The molecule has 9 N–H and O–H groups in total. The molecule has 5 atom stereocenters. The highest BCUT2D eigenvalue weighted by molar-refractivity contribution is 5.96. The van der Waals surface area contributed by atoms with Gasteiger partial charge in [-0.2, -0.15) is 0 Å². The fourth-order valence-corrected chi connectivity index (χ4v) is 3.70. The van der Waals surface area contributed by atoms with Crippen LogP contribution in [0.4, 0.5) is 0 Å². The third-order valence-electron chi connectivity index (χ3n) is 6.06. The molecular weight excluding hydrogens is 486 g/mol. The van der Waals surface area contributed by atoms with Crippen molar-refractivity contribution in [3.05, 3.63) is 36.0 Å². The van der Waals surface area contributed by atoms with E-state index >= 15 is 0 Å². The van der Waals surface area contributed by atoms with Gasteiger partial charge in [-0.05, 0) is 24.0 Å². The number of benzene rings is 1. The first-order valence-corrected chi connectivity index (χ1v) is 11.8. The van der Waals surface area contributed by atoms with Gasteiger partial charge in [0.1, 0.15) is 18.1 Å². The number of carboxylic acids is 2. The lowest BCUT2D eigenvalue weighted by molar-refractivity contribution is -0.144. The number of nitrogens with two attached hydrogens (primary N) is 1. The van der Waals surface area contributed by atoms with Crippen LogP contribution >= 0.6 is 0 Å². The Morgan fingerprint density at radius 3 is 2.19 bits per heavy atom. The molecule has 1 heterocycles. The van der Waals surface area contributed by atoms with Crippen LogP contribution in [0.5, 0.6) is 0 Å². The number of nitrogens with one attached hydrogen (secondary N) is 4. The Bertz CT molecular complexity index is 1130. The molecule has 0 spiro atoms. The number of rotatable bonds is 14. The number of hydrogen-bond donors (Lipinski definition) is 8. The van der Waals surface area contributed by atoms with E-state index < -0.39 is 72.8 Å². The number of H-pyrrole nitrogens is 1. The quantitative estimate of drug-likeness (QED) is 0.154. The van der Waals surface area contributed by atoms with E-state index in [1.54, 1.807) is 20.0 Å². The van der Waals surface area contributed by atoms with Crippen molar-refractivity contribution in [3.63, 3.8) is 0 Å². The monoisotopic (exact) mass is 519 g/mol. The highest BCUT2D eigenvalue weighted by atomic mass is 16.4. The van der Waals surface area contributed by atoms with Gasteiger partial charge in [-0.1, -0.05) is 38.5 Å². The van der Waals surface area contributed by atoms with E-state index in [2.05, 4.69) is 20.9 Å². The SMILES string of the molecule is CCC(C)C(NC(=O)C(CO)NC(=O)C(CC(=O)O)NC(=O)C(N)Cc1c[nH]c2ccccc12)C(=O)O. The normalized spacial score (nSPS) is 15.1. The maximum Gasteiger partial charge on any atom is 0.326 e. The molecule has 202 valence electrons. The molecule has 13 nitrogen and oxygen atoms in total. The van der Waals surface area contributed by atoms with E-state index in [-0.39, 0.29) is 6.42 Å². The van der Waals surface area contributed by atoms with Crippen molar-refractivity contribution in [3.8, 4) is 0 Å². The van der Waals surface area contributed by atoms with Gasteiger partial charge in [0, 0.05) is 17.1 Å². The minimum absolute atomic E-state index is 0.102. The summed E-state index contributed by atoms with van der Waals surface area (Å²) in [6.07, 6.45) is 1.43. The molecule has 2 rings (SSSR count). The number of aliphatic carboxylic acids is 2. The van der Waals surface area contributed by atoms with Crippen LogP contribution < -0.4 is 21.7 Å². The lowest BCUT2D eigenvalue weighted by Gasteiger charge is -2.25. The molecule has 5 unspecified atom stereocenters. The summed E-state index contributed by atoms with van der Waals surface area (Å²) in [4.78, 5) is 63.9. The number of fused-ring (bicyclic) bond motifs is 1. The summed E-state index contributed by atoms with van der Waals surface area (Å²) in [5.41, 5.74) is 7.61. The number of para-hydroxylation sites is 1. The second kappa shape index (κ2) is 13.4. The zero-order chi connectivity index (χ0) is 27.7. The molecule has 37 heavy (non-hydrogen) atoms. The molecule has 13 heteroatoms. The molecule has 1 aromatic heterocycles. The fourth-order valence-electron chi connectivity index (χ4n) is 3.70. The summed E-state index contributed by atoms with van der Waals surface area (Å²) in [5, 5.41) is 35.8. The summed E-state index contributed by atoms with van der Waals surface area (Å²) in [6, 6.07) is 1.81. The predicted molar refractivity (Wildman–Crippen MR) is 132 cm³/mol. The van der Waals surface area contributed by atoms with Crippen LogP contribution in [0.15, 0.2) is 30.5 Å². The minimum Gasteiger partial charge on any atom is -0.481 e. The lowest BCUT2D eigenvalue weighted by atomic mass is 9.99. The minimum atomic E-state index is -1.61. The molecule has 0 radical (unpaired) electrons. The van der Waals surface area contributed by atoms with Gasteiger partial charge in [0.15, 0.2) is 0 Å². The Morgan fingerprint density at radius 1 is 0.973 bits per heavy atom. The number of carboxylic acid groups (broad SMARTS) is 2. The number of aromatic nitrogens is 1. The van der Waals surface area contributed by atoms with Crippen LogP contribution in [0, 0.1) is 5.92 Å². The van der Waals surface area contributed by atoms with Crippen molar-refractivity contribution in [2.24, 2.45) is 11.7 Å². The first kappa shape index (κ1) is 29.3. The summed E-state index contributed by atoms with van der Waals surface area (Å²) in [6.45, 7) is 2.46. The molecule has 2 aromatic rings. The number of aromatic amines is 1. The van der Waals surface area contributed by atoms with E-state index in [9.17, 15) is 39.3 Å². The first-order chi connectivity index (χ1) is 17.5. The largest absolute Gasteiger partial charge is 0.481 e. The third kappa shape index (κ3) is 8.02. The average Bonchev–Trinajstić information content (AvgIpc) is 3.26. The van der Waals surface area contributed by atoms with Crippen LogP contribution in [-0.2, 0) is 30.4 Å². The molecule has 3 amide bonds. The van der Waals surface area contributed by atoms with Crippen LogP contribution in [0.2, 0.25) is 0 Å². The molecule has 0 saturated heterocycles. The van der Waals surface area contributed by atoms with Crippen molar-refractivity contribution in [1.29, 1.82) is 0 Å². The van der Waals surface area contributed by atoms with Gasteiger partial charge >= 0.3 is 11.9 Å². The maximum atomic E-state index is 12.8. The van der Waals surface area contributed by atoms with Gasteiger partial charge in [-0.3, -0.25) is 19.2 Å². The second-order valence-corrected chi connectivity index (χ2v) is 8.78. The smallest absolute Gasteiger partial charge is 0.326 e. The van der Waals surface area contributed by atoms with Gasteiger partial charge in [-0.15, -0.1) is 0 Å². The van der Waals surface area contributed by atoms with E-state index in [0.717, 1.165) is 16.5 Å². The topological polar surface area (TPSA) is 224 Å². The lowest BCUT2D eigenvalue weighted by Crippen LogP contribution is -2.59. The van der Waals surface area contributed by atoms with Crippen molar-refractivity contribution in [1.82, 2.24) is 20.9 Å². The number of aliphatic hydroxyl groups excluding tert-OH is 1. The molecule has 0 saturated carbocycles. The van der Waals surface area contributed by atoms with Crippen molar-refractivity contribution < 1.29 is 39.3 Å². The van der Waals surface area contributed by atoms with E-state index in [0.29, 0.717) is 6.42 Å². The zero-order valence-electron chi connectivity index (χ0n) is 20.6. The molecule has 0 aliphatic carbocycles. The van der Waals surface area contributed by atoms with Gasteiger partial charge in [-0.25, -0.2) is 4.79 Å². The second-order valence-electron chi connectivity index (χ2n) is 8.78. The number of hydrogen-bond acceptors (Lipinski definition) is 7. The fraction of sp³-hybridized carbons (Fsp3) is 0.458. The number of aliphatic hydroxyl groups is 1. The van der Waals surface area contributed by atoms with E-state index in [1.807, 2.05) is 24.3 Å². The van der Waals surface area contributed by atoms with Crippen molar-refractivity contribution >= 4 is 40.6 Å². The van der Waals surface area contributed by atoms with Gasteiger partial charge in [0.25, 0.3) is 0 Å².